The van der Waals surface area contributed by atoms with Crippen molar-refractivity contribution in [2.24, 2.45) is 0 Å². The Kier molecular flexibility index (Phi) is 4.04. The Bertz CT molecular complexity index is 499. The summed E-state index contributed by atoms with van der Waals surface area (Å²) >= 11 is 0. The number of carboxylic acids is 1. The van der Waals surface area contributed by atoms with E-state index in [4.69, 9.17) is 5.11 Å². The van der Waals surface area contributed by atoms with E-state index in [0.29, 0.717) is 19.5 Å². The number of hydrogen-bond donors (Lipinski definition) is 2. The van der Waals surface area contributed by atoms with E-state index >= 15 is 0 Å². The first-order valence-electron chi connectivity index (χ1n) is 6.49. The highest BCUT2D eigenvalue weighted by Gasteiger charge is 2.19. The minimum Gasteiger partial charge on any atom is -0.481 e. The average Bonchev–Trinajstić information content (AvgIpc) is 2.54. The van der Waals surface area contributed by atoms with Gasteiger partial charge in [0.2, 0.25) is 5.91 Å². The number of benzene rings is 1. The number of aliphatic carboxylic acids is 1. The summed E-state index contributed by atoms with van der Waals surface area (Å²) in [4.78, 5) is 24.3. The van der Waals surface area contributed by atoms with Gasteiger partial charge < -0.3 is 15.3 Å². The molecule has 0 unspecified atom stereocenters. The molecule has 1 aliphatic rings. The second-order valence-corrected chi connectivity index (χ2v) is 4.63. The summed E-state index contributed by atoms with van der Waals surface area (Å²) in [6.45, 7) is 3.03. The normalized spacial score (nSPS) is 14.6. The summed E-state index contributed by atoms with van der Waals surface area (Å²) in [6, 6.07) is 5.94. The molecule has 5 heteroatoms. The number of nitrogens with zero attached hydrogens (tertiary/aromatic N) is 1. The molecule has 19 heavy (non-hydrogen) atoms. The second-order valence-electron chi connectivity index (χ2n) is 4.63. The summed E-state index contributed by atoms with van der Waals surface area (Å²) in [7, 11) is 0. The lowest BCUT2D eigenvalue weighted by Gasteiger charge is -2.23. The van der Waals surface area contributed by atoms with Gasteiger partial charge in [-0.1, -0.05) is 13.0 Å². The molecular formula is C14H18N2O3. The van der Waals surface area contributed by atoms with Crippen molar-refractivity contribution >= 4 is 23.3 Å². The molecule has 0 spiro atoms. The van der Waals surface area contributed by atoms with Crippen LogP contribution < -0.4 is 10.2 Å². The second kappa shape index (κ2) is 5.73. The molecule has 0 aliphatic carbocycles. The SMILES string of the molecule is CCc1ccc2c(c1)NC(=O)CCN2CCC(=O)O. The van der Waals surface area contributed by atoms with Gasteiger partial charge in [0.15, 0.2) is 0 Å². The minimum absolute atomic E-state index is 0.0210. The Labute approximate surface area is 112 Å². The van der Waals surface area contributed by atoms with E-state index in [1.54, 1.807) is 0 Å². The van der Waals surface area contributed by atoms with Crippen molar-refractivity contribution in [1.29, 1.82) is 0 Å². The van der Waals surface area contributed by atoms with Crippen LogP contribution >= 0.6 is 0 Å². The van der Waals surface area contributed by atoms with E-state index < -0.39 is 5.97 Å². The van der Waals surface area contributed by atoms with Gasteiger partial charge in [0.05, 0.1) is 17.8 Å². The molecule has 5 nitrogen and oxygen atoms in total. The lowest BCUT2D eigenvalue weighted by atomic mass is 10.1. The van der Waals surface area contributed by atoms with Crippen molar-refractivity contribution in [2.75, 3.05) is 23.3 Å². The Hall–Kier alpha value is -2.04. The van der Waals surface area contributed by atoms with Gasteiger partial charge in [-0.25, -0.2) is 0 Å². The number of amides is 1. The molecule has 1 aliphatic heterocycles. The number of carbonyl (C=O) groups excluding carboxylic acids is 1. The van der Waals surface area contributed by atoms with Gasteiger partial charge >= 0.3 is 5.97 Å². The van der Waals surface area contributed by atoms with Crippen LogP contribution in [0, 0.1) is 0 Å². The van der Waals surface area contributed by atoms with E-state index in [9.17, 15) is 9.59 Å². The highest BCUT2D eigenvalue weighted by molar-refractivity contribution is 5.96. The van der Waals surface area contributed by atoms with Crippen LogP contribution in [0.5, 0.6) is 0 Å². The van der Waals surface area contributed by atoms with Crippen LogP contribution in [0.1, 0.15) is 25.3 Å². The molecule has 2 rings (SSSR count). The Morgan fingerprint density at radius 1 is 1.47 bits per heavy atom. The summed E-state index contributed by atoms with van der Waals surface area (Å²) in [6.07, 6.45) is 1.36. The Morgan fingerprint density at radius 2 is 2.26 bits per heavy atom. The number of fused-ring (bicyclic) bond motifs is 1. The molecule has 0 bridgehead atoms. The molecule has 0 saturated carbocycles. The predicted molar refractivity (Wildman–Crippen MR) is 73.5 cm³/mol. The average molecular weight is 262 g/mol. The van der Waals surface area contributed by atoms with Gasteiger partial charge in [0.1, 0.15) is 0 Å². The predicted octanol–water partition coefficient (Wildman–Crippen LogP) is 1.87. The molecule has 1 aromatic rings. The lowest BCUT2D eigenvalue weighted by Crippen LogP contribution is -2.27. The number of carboxylic acid groups (broad SMARTS) is 1. The van der Waals surface area contributed by atoms with Gasteiger partial charge in [0, 0.05) is 19.5 Å². The third kappa shape index (κ3) is 3.24. The molecule has 2 N–H and O–H groups in total. The van der Waals surface area contributed by atoms with Crippen molar-refractivity contribution in [2.45, 2.75) is 26.2 Å². The monoisotopic (exact) mass is 262 g/mol. The zero-order valence-corrected chi connectivity index (χ0v) is 11.0. The number of nitrogens with one attached hydrogen (secondary N) is 1. The maximum absolute atomic E-state index is 11.7. The van der Waals surface area contributed by atoms with Crippen LogP contribution in [0.15, 0.2) is 18.2 Å². The van der Waals surface area contributed by atoms with E-state index in [1.165, 1.54) is 0 Å². The first kappa shape index (κ1) is 13.4. The summed E-state index contributed by atoms with van der Waals surface area (Å²) in [5, 5.41) is 11.7. The third-order valence-corrected chi connectivity index (χ3v) is 3.29. The van der Waals surface area contributed by atoms with Crippen molar-refractivity contribution in [3.8, 4) is 0 Å². The molecule has 1 aromatic carbocycles. The van der Waals surface area contributed by atoms with E-state index in [1.807, 2.05) is 23.1 Å². The molecular weight excluding hydrogens is 244 g/mol. The molecule has 0 aromatic heterocycles. The Balaban J connectivity index is 2.28. The van der Waals surface area contributed by atoms with Crippen molar-refractivity contribution in [1.82, 2.24) is 0 Å². The molecule has 102 valence electrons. The minimum atomic E-state index is -0.824. The summed E-state index contributed by atoms with van der Waals surface area (Å²) in [5.41, 5.74) is 2.84. The van der Waals surface area contributed by atoms with Crippen molar-refractivity contribution < 1.29 is 14.7 Å². The topological polar surface area (TPSA) is 69.6 Å². The van der Waals surface area contributed by atoms with Crippen LogP contribution in [-0.2, 0) is 16.0 Å². The summed E-state index contributed by atoms with van der Waals surface area (Å²) in [5.74, 6) is -0.845. The molecule has 0 atom stereocenters. The summed E-state index contributed by atoms with van der Waals surface area (Å²) < 4.78 is 0. The number of aryl methyl sites for hydroxylation is 1. The van der Waals surface area contributed by atoms with Gasteiger partial charge in [-0.05, 0) is 24.1 Å². The molecule has 1 heterocycles. The quantitative estimate of drug-likeness (QED) is 0.869. The standard InChI is InChI=1S/C14H18N2O3/c1-2-10-3-4-12-11(9-10)15-13(17)5-7-16(12)8-6-14(18)19/h3-4,9H,2,5-8H2,1H3,(H,15,17)(H,18,19). The molecule has 0 saturated heterocycles. The van der Waals surface area contributed by atoms with E-state index in [2.05, 4.69) is 12.2 Å². The first-order chi connectivity index (χ1) is 9.10. The fourth-order valence-electron chi connectivity index (χ4n) is 2.21. The third-order valence-electron chi connectivity index (χ3n) is 3.29. The van der Waals surface area contributed by atoms with Crippen LogP contribution in [0.2, 0.25) is 0 Å². The number of carbonyl (C=O) groups is 2. The van der Waals surface area contributed by atoms with Crippen LogP contribution in [0.3, 0.4) is 0 Å². The molecule has 0 fully saturated rings. The van der Waals surface area contributed by atoms with Gasteiger partial charge in [-0.2, -0.15) is 0 Å². The van der Waals surface area contributed by atoms with Crippen LogP contribution in [-0.4, -0.2) is 30.1 Å². The van der Waals surface area contributed by atoms with E-state index in [0.717, 1.165) is 23.4 Å². The fourth-order valence-corrected chi connectivity index (χ4v) is 2.21. The zero-order valence-electron chi connectivity index (χ0n) is 11.0. The lowest BCUT2D eigenvalue weighted by molar-refractivity contribution is -0.136. The number of hydrogen-bond acceptors (Lipinski definition) is 3. The van der Waals surface area contributed by atoms with Gasteiger partial charge in [-0.15, -0.1) is 0 Å². The van der Waals surface area contributed by atoms with Gasteiger partial charge in [0.25, 0.3) is 0 Å². The highest BCUT2D eigenvalue weighted by Crippen LogP contribution is 2.30. The van der Waals surface area contributed by atoms with E-state index in [-0.39, 0.29) is 12.3 Å². The molecule has 0 radical (unpaired) electrons. The largest absolute Gasteiger partial charge is 0.481 e. The number of rotatable bonds is 4. The zero-order chi connectivity index (χ0) is 13.8. The van der Waals surface area contributed by atoms with Crippen molar-refractivity contribution in [3.63, 3.8) is 0 Å². The van der Waals surface area contributed by atoms with Gasteiger partial charge in [-0.3, -0.25) is 9.59 Å². The highest BCUT2D eigenvalue weighted by atomic mass is 16.4. The Morgan fingerprint density at radius 3 is 2.95 bits per heavy atom. The fraction of sp³-hybridized carbons (Fsp3) is 0.429. The van der Waals surface area contributed by atoms with Crippen LogP contribution in [0.25, 0.3) is 0 Å². The maximum atomic E-state index is 11.7. The molecule has 1 amide bonds. The number of anilines is 2. The van der Waals surface area contributed by atoms with Crippen LogP contribution in [0.4, 0.5) is 11.4 Å². The smallest absolute Gasteiger partial charge is 0.305 e. The van der Waals surface area contributed by atoms with Crippen molar-refractivity contribution in [3.05, 3.63) is 23.8 Å². The first-order valence-corrected chi connectivity index (χ1v) is 6.49. The maximum Gasteiger partial charge on any atom is 0.305 e.